The molecule has 0 saturated heterocycles. The van der Waals surface area contributed by atoms with Gasteiger partial charge in [-0.2, -0.15) is 13.2 Å². The van der Waals surface area contributed by atoms with Crippen LogP contribution >= 0.6 is 11.6 Å². The lowest BCUT2D eigenvalue weighted by Crippen LogP contribution is -2.09. The van der Waals surface area contributed by atoms with Crippen LogP contribution in [0.1, 0.15) is 21.6 Å². The molecule has 0 saturated carbocycles. The van der Waals surface area contributed by atoms with E-state index in [1.165, 1.54) is 13.3 Å². The highest BCUT2D eigenvalue weighted by Gasteiger charge is 2.31. The van der Waals surface area contributed by atoms with E-state index in [2.05, 4.69) is 15.3 Å². The van der Waals surface area contributed by atoms with Gasteiger partial charge in [0.15, 0.2) is 5.65 Å². The van der Waals surface area contributed by atoms with Crippen molar-refractivity contribution >= 4 is 40.0 Å². The Morgan fingerprint density at radius 3 is 2.63 bits per heavy atom. The number of hydrogen-bond acceptors (Lipinski definition) is 5. The molecular weight excluding hydrogens is 383 g/mol. The fourth-order valence-corrected chi connectivity index (χ4v) is 2.67. The number of aromatic nitrogens is 2. The number of alkyl halides is 3. The maximum Gasteiger partial charge on any atom is 0.416 e. The molecule has 9 heteroatoms. The summed E-state index contributed by atoms with van der Waals surface area (Å²) in [4.78, 5) is 20.5. The highest BCUT2D eigenvalue weighted by atomic mass is 35.5. The molecule has 1 aromatic carbocycles. The van der Waals surface area contributed by atoms with Gasteiger partial charge in [0.05, 0.1) is 29.1 Å². The summed E-state index contributed by atoms with van der Waals surface area (Å²) in [5.74, 6) is -0.699. The Kier molecular flexibility index (Phi) is 4.93. The molecule has 1 N–H and O–H groups in total. The molecular formula is C18H13ClF3N3O2. The van der Waals surface area contributed by atoms with Gasteiger partial charge in [-0.15, -0.1) is 0 Å². The monoisotopic (exact) mass is 395 g/mol. The van der Waals surface area contributed by atoms with Crippen LogP contribution in [0, 0.1) is 6.92 Å². The number of carbonyl (C=O) groups is 1. The fraction of sp³-hybridized carbons (Fsp3) is 0.167. The van der Waals surface area contributed by atoms with E-state index in [0.29, 0.717) is 16.7 Å². The summed E-state index contributed by atoms with van der Waals surface area (Å²) < 4.78 is 43.8. The number of pyridine rings is 2. The summed E-state index contributed by atoms with van der Waals surface area (Å²) in [5, 5.41) is 3.32. The number of halogens is 4. The van der Waals surface area contributed by atoms with E-state index in [1.54, 1.807) is 19.1 Å². The number of nitrogens with one attached hydrogen (secondary N) is 1. The first-order valence-corrected chi connectivity index (χ1v) is 8.07. The Morgan fingerprint density at radius 2 is 1.96 bits per heavy atom. The third kappa shape index (κ3) is 3.80. The zero-order chi connectivity index (χ0) is 19.8. The van der Waals surface area contributed by atoms with Crippen LogP contribution in [0.2, 0.25) is 5.02 Å². The molecule has 0 spiro atoms. The summed E-state index contributed by atoms with van der Waals surface area (Å²) in [7, 11) is 1.20. The minimum atomic E-state index is -4.54. The quantitative estimate of drug-likeness (QED) is 0.622. The number of anilines is 2. The van der Waals surface area contributed by atoms with Crippen molar-refractivity contribution in [1.29, 1.82) is 0 Å². The van der Waals surface area contributed by atoms with Crippen molar-refractivity contribution in [3.63, 3.8) is 0 Å². The van der Waals surface area contributed by atoms with Gasteiger partial charge in [0.2, 0.25) is 0 Å². The second kappa shape index (κ2) is 7.03. The fourth-order valence-electron chi connectivity index (χ4n) is 2.50. The van der Waals surface area contributed by atoms with Crippen molar-refractivity contribution in [2.45, 2.75) is 13.1 Å². The van der Waals surface area contributed by atoms with Crippen LogP contribution in [-0.2, 0) is 10.9 Å². The first-order valence-electron chi connectivity index (χ1n) is 7.69. The van der Waals surface area contributed by atoms with Gasteiger partial charge >= 0.3 is 12.1 Å². The molecule has 0 fully saturated rings. The Balaban J connectivity index is 2.20. The van der Waals surface area contributed by atoms with Gasteiger partial charge in [-0.1, -0.05) is 11.6 Å². The van der Waals surface area contributed by atoms with E-state index in [1.807, 2.05) is 0 Å². The van der Waals surface area contributed by atoms with E-state index < -0.39 is 17.7 Å². The second-order valence-electron chi connectivity index (χ2n) is 5.68. The molecule has 140 valence electrons. The van der Waals surface area contributed by atoms with Crippen LogP contribution in [-0.4, -0.2) is 23.0 Å². The molecule has 2 heterocycles. The smallest absolute Gasteiger partial charge is 0.416 e. The number of ether oxygens (including phenoxy) is 1. The molecule has 0 radical (unpaired) electrons. The van der Waals surface area contributed by atoms with E-state index in [0.717, 1.165) is 18.2 Å². The summed E-state index contributed by atoms with van der Waals surface area (Å²) in [5.41, 5.74) is 0.396. The van der Waals surface area contributed by atoms with Crippen LogP contribution < -0.4 is 5.32 Å². The number of esters is 1. The van der Waals surface area contributed by atoms with E-state index in [9.17, 15) is 18.0 Å². The maximum atomic E-state index is 13.0. The number of hydrogen-bond donors (Lipinski definition) is 1. The van der Waals surface area contributed by atoms with Crippen molar-refractivity contribution in [3.8, 4) is 0 Å². The van der Waals surface area contributed by atoms with Gasteiger partial charge in [-0.25, -0.2) is 14.8 Å². The molecule has 3 rings (SSSR count). The minimum Gasteiger partial charge on any atom is -0.465 e. The van der Waals surface area contributed by atoms with Crippen LogP contribution in [0.5, 0.6) is 0 Å². The predicted molar refractivity (Wildman–Crippen MR) is 95.4 cm³/mol. The molecule has 0 amide bonds. The first-order chi connectivity index (χ1) is 12.7. The zero-order valence-corrected chi connectivity index (χ0v) is 14.9. The van der Waals surface area contributed by atoms with Crippen LogP contribution in [0.4, 0.5) is 24.5 Å². The third-order valence-electron chi connectivity index (χ3n) is 3.83. The number of methoxy groups -OCH3 is 1. The molecule has 2 aromatic heterocycles. The van der Waals surface area contributed by atoms with Gasteiger partial charge in [-0.3, -0.25) is 0 Å². The largest absolute Gasteiger partial charge is 0.465 e. The standard InChI is InChI=1S/C18H13ClF3N3O2/c1-9-3-5-11-15(12(17(26)27-2)8-23-16(11)24-9)25-14-7-10(18(20,21)22)4-6-13(14)19/h3-8H,1-2H3,(H,23,24,25). The number of carbonyl (C=O) groups excluding carboxylic acids is 1. The molecule has 0 atom stereocenters. The average molecular weight is 396 g/mol. The number of benzene rings is 1. The summed E-state index contributed by atoms with van der Waals surface area (Å²) in [6, 6.07) is 6.25. The topological polar surface area (TPSA) is 64.1 Å². The van der Waals surface area contributed by atoms with Crippen molar-refractivity contribution in [3.05, 3.63) is 58.4 Å². The first kappa shape index (κ1) is 18.9. The minimum absolute atomic E-state index is 0.00952. The number of fused-ring (bicyclic) bond motifs is 1. The van der Waals surface area contributed by atoms with Gasteiger partial charge in [-0.05, 0) is 37.3 Å². The molecule has 0 bridgehead atoms. The SMILES string of the molecule is COC(=O)c1cnc2nc(C)ccc2c1Nc1cc(C(F)(F)F)ccc1Cl. The van der Waals surface area contributed by atoms with Gasteiger partial charge in [0.25, 0.3) is 0 Å². The summed E-state index contributed by atoms with van der Waals surface area (Å²) in [6.07, 6.45) is -3.28. The molecule has 3 aromatic rings. The van der Waals surface area contributed by atoms with E-state index in [-0.39, 0.29) is 22.0 Å². The Bertz CT molecular complexity index is 1040. The van der Waals surface area contributed by atoms with Crippen LogP contribution in [0.15, 0.2) is 36.5 Å². The molecule has 0 unspecified atom stereocenters. The third-order valence-corrected chi connectivity index (χ3v) is 4.16. The molecule has 0 aliphatic rings. The van der Waals surface area contributed by atoms with Crippen molar-refractivity contribution in [1.82, 2.24) is 9.97 Å². The lowest BCUT2D eigenvalue weighted by atomic mass is 10.1. The summed E-state index contributed by atoms with van der Waals surface area (Å²) >= 11 is 6.06. The zero-order valence-electron chi connectivity index (χ0n) is 14.2. The molecule has 0 aliphatic heterocycles. The highest BCUT2D eigenvalue weighted by molar-refractivity contribution is 6.33. The molecule has 5 nitrogen and oxygen atoms in total. The Hall–Kier alpha value is -2.87. The van der Waals surface area contributed by atoms with Crippen molar-refractivity contribution in [2.24, 2.45) is 0 Å². The number of rotatable bonds is 3. The van der Waals surface area contributed by atoms with Crippen molar-refractivity contribution < 1.29 is 22.7 Å². The number of nitrogens with zero attached hydrogens (tertiary/aromatic N) is 2. The van der Waals surface area contributed by atoms with Gasteiger partial charge in [0.1, 0.15) is 5.56 Å². The van der Waals surface area contributed by atoms with Crippen LogP contribution in [0.25, 0.3) is 11.0 Å². The van der Waals surface area contributed by atoms with Crippen LogP contribution in [0.3, 0.4) is 0 Å². The Labute approximate surface area is 157 Å². The predicted octanol–water partition coefficient (Wildman–Crippen LogP) is 5.14. The number of aryl methyl sites for hydroxylation is 1. The van der Waals surface area contributed by atoms with Crippen molar-refractivity contribution in [2.75, 3.05) is 12.4 Å². The maximum absolute atomic E-state index is 13.0. The normalized spacial score (nSPS) is 11.5. The highest BCUT2D eigenvalue weighted by Crippen LogP contribution is 2.37. The lowest BCUT2D eigenvalue weighted by Gasteiger charge is -2.16. The van der Waals surface area contributed by atoms with E-state index >= 15 is 0 Å². The van der Waals surface area contributed by atoms with E-state index in [4.69, 9.17) is 16.3 Å². The lowest BCUT2D eigenvalue weighted by molar-refractivity contribution is -0.137. The average Bonchev–Trinajstić information content (AvgIpc) is 2.61. The molecule has 27 heavy (non-hydrogen) atoms. The van der Waals surface area contributed by atoms with Gasteiger partial charge in [0, 0.05) is 17.3 Å². The molecule has 0 aliphatic carbocycles. The summed E-state index contributed by atoms with van der Waals surface area (Å²) in [6.45, 7) is 1.77. The van der Waals surface area contributed by atoms with Gasteiger partial charge < -0.3 is 10.1 Å². The second-order valence-corrected chi connectivity index (χ2v) is 6.09. The Morgan fingerprint density at radius 1 is 1.22 bits per heavy atom.